The summed E-state index contributed by atoms with van der Waals surface area (Å²) in [4.78, 5) is 18.2. The molecule has 0 bridgehead atoms. The van der Waals surface area contributed by atoms with Crippen LogP contribution < -0.4 is 26.6 Å². The molecule has 228 valence electrons. The fourth-order valence-electron chi connectivity index (χ4n) is 4.38. The van der Waals surface area contributed by atoms with Crippen molar-refractivity contribution in [2.45, 2.75) is 39.1 Å². The molecule has 0 aliphatic heterocycles. The molecule has 1 heterocycles. The Bertz CT molecular complexity index is 1790. The summed E-state index contributed by atoms with van der Waals surface area (Å²) in [7, 11) is -4.35. The number of oxime groups is 1. The number of hydrogen-bond acceptors (Lipinski definition) is 8. The summed E-state index contributed by atoms with van der Waals surface area (Å²) in [5, 5.41) is 12.6. The minimum atomic E-state index is -4.57. The molecule has 4 aromatic rings. The van der Waals surface area contributed by atoms with Gasteiger partial charge in [-0.3, -0.25) is 4.79 Å². The number of amides is 1. The van der Waals surface area contributed by atoms with Gasteiger partial charge in [-0.1, -0.05) is 12.1 Å². The number of rotatable bonds is 10. The highest BCUT2D eigenvalue weighted by atomic mass is 32.2. The molecule has 3 aromatic carbocycles. The zero-order valence-electron chi connectivity index (χ0n) is 23.0. The number of fused-ring (bicyclic) bond motifs is 1. The number of carbonyl (C=O) groups excluding carboxylic acids is 1. The van der Waals surface area contributed by atoms with Crippen molar-refractivity contribution in [3.63, 3.8) is 0 Å². The molecule has 15 heteroatoms. The number of nitrogens with zero attached hydrogens (tertiary/aromatic N) is 1. The van der Waals surface area contributed by atoms with Crippen molar-refractivity contribution in [1.29, 1.82) is 0 Å². The Kier molecular flexibility index (Phi) is 8.87. The number of furan rings is 1. The predicted octanol–water partition coefficient (Wildman–Crippen LogP) is 4.21. The monoisotopic (exact) mass is 618 g/mol. The molecule has 1 unspecified atom stereocenters. The van der Waals surface area contributed by atoms with Crippen molar-refractivity contribution in [3.05, 3.63) is 94.2 Å². The number of amidine groups is 1. The van der Waals surface area contributed by atoms with E-state index in [4.69, 9.17) is 25.9 Å². The average Bonchev–Trinajstić information content (AvgIpc) is 3.30. The third-order valence-electron chi connectivity index (χ3n) is 6.41. The molecule has 11 nitrogen and oxygen atoms in total. The summed E-state index contributed by atoms with van der Waals surface area (Å²) >= 11 is 0. The number of nitrogen functional groups attached to an aromatic ring is 1. The van der Waals surface area contributed by atoms with Gasteiger partial charge < -0.3 is 26.0 Å². The van der Waals surface area contributed by atoms with Gasteiger partial charge in [0, 0.05) is 22.3 Å². The number of nitrogens with two attached hydrogens (primary N) is 3. The van der Waals surface area contributed by atoms with Crippen LogP contribution in [0.2, 0.25) is 0 Å². The molecule has 0 spiro atoms. The van der Waals surface area contributed by atoms with E-state index in [1.54, 1.807) is 42.7 Å². The van der Waals surface area contributed by atoms with Gasteiger partial charge >= 0.3 is 6.18 Å². The van der Waals surface area contributed by atoms with E-state index < -0.39 is 33.9 Å². The second-order valence-corrected chi connectivity index (χ2v) is 11.0. The summed E-state index contributed by atoms with van der Waals surface area (Å²) in [6, 6.07) is 11.6. The van der Waals surface area contributed by atoms with Crippen LogP contribution >= 0.6 is 0 Å². The van der Waals surface area contributed by atoms with Crippen LogP contribution in [0.15, 0.2) is 70.4 Å². The molecule has 0 aliphatic rings. The zero-order valence-corrected chi connectivity index (χ0v) is 23.8. The average molecular weight is 619 g/mol. The Balaban J connectivity index is 1.54. The summed E-state index contributed by atoms with van der Waals surface area (Å²) in [6.45, 7) is 3.47. The van der Waals surface area contributed by atoms with Crippen molar-refractivity contribution in [1.82, 2.24) is 4.72 Å². The van der Waals surface area contributed by atoms with Gasteiger partial charge in [0.15, 0.2) is 5.84 Å². The molecule has 4 rings (SSSR count). The van der Waals surface area contributed by atoms with Crippen LogP contribution in [-0.4, -0.2) is 20.2 Å². The first kappa shape index (κ1) is 31.2. The van der Waals surface area contributed by atoms with Gasteiger partial charge in [-0.05, 0) is 90.2 Å². The number of benzene rings is 3. The van der Waals surface area contributed by atoms with E-state index in [9.17, 15) is 26.4 Å². The van der Waals surface area contributed by atoms with Gasteiger partial charge in [-0.15, -0.1) is 0 Å². The molecular formula is C28H29F3N6O5S. The topological polar surface area (TPSA) is 188 Å². The van der Waals surface area contributed by atoms with Crippen LogP contribution in [0.5, 0.6) is 0 Å². The van der Waals surface area contributed by atoms with Crippen LogP contribution in [0.1, 0.15) is 46.3 Å². The Morgan fingerprint density at radius 3 is 2.44 bits per heavy atom. The van der Waals surface area contributed by atoms with Crippen LogP contribution in [0.25, 0.3) is 11.0 Å². The summed E-state index contributed by atoms with van der Waals surface area (Å²) < 4.78 is 69.9. The SMILES string of the molecule is CCc1cc(C(Nc2ccc(/C(N)=N/OCc3cc(N)cc(C(F)(F)F)c3)cc2)C(=O)NS(N)(=O)=O)cc2c(C)coc12. The Hall–Kier alpha value is -4.76. The second kappa shape index (κ2) is 12.2. The van der Waals surface area contributed by atoms with Crippen LogP contribution in [-0.2, 0) is 39.0 Å². The summed E-state index contributed by atoms with van der Waals surface area (Å²) in [5.74, 6) is -0.970. The molecule has 43 heavy (non-hydrogen) atoms. The number of alkyl halides is 3. The van der Waals surface area contributed by atoms with Crippen LogP contribution in [0.3, 0.4) is 0 Å². The first-order valence-corrected chi connectivity index (χ1v) is 14.3. The van der Waals surface area contributed by atoms with Crippen molar-refractivity contribution in [2.24, 2.45) is 16.0 Å². The summed E-state index contributed by atoms with van der Waals surface area (Å²) in [6.07, 6.45) is -2.37. The number of hydrogen-bond donors (Lipinski definition) is 5. The lowest BCUT2D eigenvalue weighted by atomic mass is 9.98. The predicted molar refractivity (Wildman–Crippen MR) is 156 cm³/mol. The smallest absolute Gasteiger partial charge is 0.416 e. The quantitative estimate of drug-likeness (QED) is 0.0756. The van der Waals surface area contributed by atoms with Crippen molar-refractivity contribution in [3.8, 4) is 0 Å². The van der Waals surface area contributed by atoms with Crippen molar-refractivity contribution < 1.29 is 35.6 Å². The number of aryl methyl sites for hydroxylation is 2. The summed E-state index contributed by atoms with van der Waals surface area (Å²) in [5.41, 5.74) is 14.4. The van der Waals surface area contributed by atoms with E-state index in [0.29, 0.717) is 28.8 Å². The number of carbonyl (C=O) groups is 1. The normalized spacial score (nSPS) is 13.1. The van der Waals surface area contributed by atoms with E-state index in [-0.39, 0.29) is 23.7 Å². The van der Waals surface area contributed by atoms with Crippen molar-refractivity contribution in [2.75, 3.05) is 11.1 Å². The van der Waals surface area contributed by atoms with Gasteiger partial charge in [0.25, 0.3) is 16.1 Å². The molecule has 1 amide bonds. The molecule has 1 atom stereocenters. The Morgan fingerprint density at radius 2 is 1.81 bits per heavy atom. The molecule has 0 radical (unpaired) electrons. The standard InChI is InChI=1S/C28H29F3N6O5S/c1-3-17-10-19(11-23-15(2)13-41-25(17)23)24(27(38)37-43(34,39)40)35-22-6-4-18(5-7-22)26(33)36-42-14-16-8-20(28(29,30)31)12-21(32)9-16/h4-13,24,35H,3,14,32H2,1-2H3,(H2,33,36)(H,37,38)(H2,34,39,40). The lowest BCUT2D eigenvalue weighted by Crippen LogP contribution is -2.41. The van der Waals surface area contributed by atoms with E-state index in [1.807, 2.05) is 18.6 Å². The zero-order chi connectivity index (χ0) is 31.5. The molecule has 0 aliphatic carbocycles. The number of nitrogens with one attached hydrogen (secondary N) is 2. The third-order valence-corrected chi connectivity index (χ3v) is 6.90. The van der Waals surface area contributed by atoms with Gasteiger partial charge in [-0.2, -0.15) is 21.6 Å². The Labute approximate surface area is 245 Å². The highest BCUT2D eigenvalue weighted by molar-refractivity contribution is 7.87. The highest BCUT2D eigenvalue weighted by Gasteiger charge is 2.31. The first-order valence-electron chi connectivity index (χ1n) is 12.8. The second-order valence-electron chi connectivity index (χ2n) is 9.71. The van der Waals surface area contributed by atoms with Crippen molar-refractivity contribution >= 4 is 44.3 Å². The minimum Gasteiger partial charge on any atom is -0.464 e. The van der Waals surface area contributed by atoms with Crippen LogP contribution in [0, 0.1) is 6.92 Å². The molecule has 0 saturated carbocycles. The van der Waals surface area contributed by atoms with Gasteiger partial charge in [0.1, 0.15) is 18.2 Å². The van der Waals surface area contributed by atoms with E-state index in [1.165, 1.54) is 6.07 Å². The number of halogens is 3. The van der Waals surface area contributed by atoms with E-state index >= 15 is 0 Å². The van der Waals surface area contributed by atoms with E-state index in [2.05, 4.69) is 10.5 Å². The van der Waals surface area contributed by atoms with E-state index in [0.717, 1.165) is 28.6 Å². The van der Waals surface area contributed by atoms with Gasteiger partial charge in [0.05, 0.1) is 11.8 Å². The maximum Gasteiger partial charge on any atom is 0.416 e. The number of anilines is 2. The fourth-order valence-corrected chi connectivity index (χ4v) is 4.78. The molecule has 8 N–H and O–H groups in total. The van der Waals surface area contributed by atoms with Crippen LogP contribution in [0.4, 0.5) is 24.5 Å². The lowest BCUT2D eigenvalue weighted by Gasteiger charge is -2.20. The molecule has 0 fully saturated rings. The van der Waals surface area contributed by atoms with Gasteiger partial charge in [0.2, 0.25) is 0 Å². The largest absolute Gasteiger partial charge is 0.464 e. The third kappa shape index (κ3) is 7.75. The Morgan fingerprint density at radius 1 is 1.12 bits per heavy atom. The van der Waals surface area contributed by atoms with Gasteiger partial charge in [-0.25, -0.2) is 9.86 Å². The molecule has 0 saturated heterocycles. The fraction of sp³-hybridized carbons (Fsp3) is 0.214. The lowest BCUT2D eigenvalue weighted by molar-refractivity contribution is -0.137. The maximum atomic E-state index is 13.0. The minimum absolute atomic E-state index is 0.0662. The maximum absolute atomic E-state index is 13.0. The first-order chi connectivity index (χ1) is 20.1. The molecule has 1 aromatic heterocycles. The highest BCUT2D eigenvalue weighted by Crippen LogP contribution is 2.32. The molecular weight excluding hydrogens is 589 g/mol.